The highest BCUT2D eigenvalue weighted by Gasteiger charge is 2.07. The molecule has 1 atom stereocenters. The van der Waals surface area contributed by atoms with Crippen LogP contribution in [0, 0.1) is 11.8 Å². The van der Waals surface area contributed by atoms with Gasteiger partial charge in [0, 0.05) is 6.42 Å². The van der Waals surface area contributed by atoms with Crippen LogP contribution in [0.1, 0.15) is 40.0 Å². The Hall–Kier alpha value is -0.670. The molecule has 0 saturated heterocycles. The van der Waals surface area contributed by atoms with E-state index in [4.69, 9.17) is 5.11 Å². The minimum absolute atomic E-state index is 0.317. The summed E-state index contributed by atoms with van der Waals surface area (Å²) in [6.45, 7) is 4.77. The van der Waals surface area contributed by atoms with Gasteiger partial charge >= 0.3 is 5.97 Å². The van der Waals surface area contributed by atoms with E-state index in [1.54, 1.807) is 0 Å². The fourth-order valence-corrected chi connectivity index (χ4v) is 0.909. The van der Waals surface area contributed by atoms with Gasteiger partial charge in [-0.1, -0.05) is 20.8 Å². The monoisotopic (exact) mass is 210 g/mol. The molecule has 0 saturated carbocycles. The van der Waals surface area contributed by atoms with Gasteiger partial charge < -0.3 is 5.11 Å². The first-order valence-electron chi connectivity index (χ1n) is 4.79. The zero-order chi connectivity index (χ0) is 11.6. The lowest BCUT2D eigenvalue weighted by Crippen LogP contribution is -2.04. The average molecular weight is 210 g/mol. The summed E-state index contributed by atoms with van der Waals surface area (Å²) in [6, 6.07) is 0. The molecule has 1 N–H and O–H groups in total. The Bertz CT molecular complexity index is 138. The summed E-state index contributed by atoms with van der Waals surface area (Å²) in [6.07, 6.45) is 2.16. The van der Waals surface area contributed by atoms with E-state index in [9.17, 15) is 13.6 Å². The van der Waals surface area contributed by atoms with Crippen molar-refractivity contribution in [3.63, 3.8) is 0 Å². The molecule has 0 aliphatic heterocycles. The first kappa shape index (κ1) is 15.8. The summed E-state index contributed by atoms with van der Waals surface area (Å²) >= 11 is 0. The normalized spacial score (nSPS) is 11.9. The molecule has 0 spiro atoms. The molecule has 1 unspecified atom stereocenters. The molecule has 0 aliphatic rings. The fraction of sp³-hybridized carbons (Fsp3) is 0.900. The third-order valence-corrected chi connectivity index (χ3v) is 2.19. The smallest absolute Gasteiger partial charge is 0.303 e. The predicted octanol–water partition coefficient (Wildman–Crippen LogP) is 3.42. The highest BCUT2D eigenvalue weighted by molar-refractivity contribution is 5.66. The topological polar surface area (TPSA) is 37.3 Å². The van der Waals surface area contributed by atoms with Crippen LogP contribution in [0.4, 0.5) is 8.78 Å². The van der Waals surface area contributed by atoms with Gasteiger partial charge in [0.05, 0.1) is 0 Å². The van der Waals surface area contributed by atoms with E-state index in [1.807, 2.05) is 0 Å². The van der Waals surface area contributed by atoms with Gasteiger partial charge in [-0.15, -0.1) is 0 Å². The molecular weight excluding hydrogens is 190 g/mol. The molecule has 4 heteroatoms. The van der Waals surface area contributed by atoms with Crippen LogP contribution in [0.3, 0.4) is 0 Å². The fourth-order valence-electron chi connectivity index (χ4n) is 0.909. The van der Waals surface area contributed by atoms with Crippen molar-refractivity contribution in [1.82, 2.24) is 0 Å². The van der Waals surface area contributed by atoms with Crippen molar-refractivity contribution in [3.05, 3.63) is 0 Å². The Morgan fingerprint density at radius 1 is 1.29 bits per heavy atom. The van der Waals surface area contributed by atoms with Gasteiger partial charge in [-0.25, -0.2) is 8.78 Å². The molecule has 2 nitrogen and oxygen atoms in total. The molecule has 0 radical (unpaired) electrons. The van der Waals surface area contributed by atoms with Crippen LogP contribution in [-0.2, 0) is 4.79 Å². The summed E-state index contributed by atoms with van der Waals surface area (Å²) in [5.74, 6) is 0.638. The summed E-state index contributed by atoms with van der Waals surface area (Å²) < 4.78 is 19.2. The minimum Gasteiger partial charge on any atom is -0.481 e. The standard InChI is InChI=1S/C9H18O2.CH2F2/c1-7(2)8(3)5-4-6-9(10)11;2-1-3/h7-8H,4-6H2,1-3H3,(H,10,11);1H2. The molecule has 0 rings (SSSR count). The van der Waals surface area contributed by atoms with Crippen LogP contribution in [0.25, 0.3) is 0 Å². The van der Waals surface area contributed by atoms with E-state index >= 15 is 0 Å². The van der Waals surface area contributed by atoms with Crippen LogP contribution >= 0.6 is 0 Å². The molecule has 0 aliphatic carbocycles. The van der Waals surface area contributed by atoms with Crippen molar-refractivity contribution in [2.24, 2.45) is 11.8 Å². The Labute approximate surface area is 84.3 Å². The van der Waals surface area contributed by atoms with E-state index in [0.29, 0.717) is 18.3 Å². The molecule has 0 amide bonds. The maximum Gasteiger partial charge on any atom is 0.303 e. The van der Waals surface area contributed by atoms with Crippen molar-refractivity contribution in [3.8, 4) is 0 Å². The molecule has 14 heavy (non-hydrogen) atoms. The lowest BCUT2D eigenvalue weighted by atomic mass is 9.93. The molecule has 0 aromatic heterocycles. The number of rotatable bonds is 5. The number of aliphatic carboxylic acids is 1. The highest BCUT2D eigenvalue weighted by Crippen LogP contribution is 2.16. The SMILES string of the molecule is CC(C)C(C)CCCC(=O)O.FCF. The van der Waals surface area contributed by atoms with Gasteiger partial charge in [0.1, 0.15) is 0 Å². The quantitative estimate of drug-likeness (QED) is 0.755. The molecule has 0 aromatic rings. The van der Waals surface area contributed by atoms with E-state index in [-0.39, 0.29) is 0 Å². The van der Waals surface area contributed by atoms with Crippen LogP contribution in [0.5, 0.6) is 0 Å². The van der Waals surface area contributed by atoms with Gasteiger partial charge in [-0.3, -0.25) is 4.79 Å². The molecule has 0 aromatic carbocycles. The number of carbonyl (C=O) groups is 1. The van der Waals surface area contributed by atoms with Crippen molar-refractivity contribution >= 4 is 5.97 Å². The van der Waals surface area contributed by atoms with Gasteiger partial charge in [-0.2, -0.15) is 0 Å². The first-order chi connectivity index (χ1) is 6.45. The highest BCUT2D eigenvalue weighted by atomic mass is 19.3. The summed E-state index contributed by atoms with van der Waals surface area (Å²) in [7, 11) is 0. The number of halogens is 2. The molecule has 0 bridgehead atoms. The molecular formula is C10H20F2O2. The second-order valence-corrected chi connectivity index (χ2v) is 3.61. The molecule has 0 fully saturated rings. The van der Waals surface area contributed by atoms with Gasteiger partial charge in [0.25, 0.3) is 0 Å². The van der Waals surface area contributed by atoms with E-state index < -0.39 is 12.9 Å². The summed E-state index contributed by atoms with van der Waals surface area (Å²) in [5.41, 5.74) is 0. The molecule has 0 heterocycles. The zero-order valence-electron chi connectivity index (χ0n) is 9.09. The third-order valence-electron chi connectivity index (χ3n) is 2.19. The van der Waals surface area contributed by atoms with Gasteiger partial charge in [0.2, 0.25) is 6.93 Å². The maximum absolute atomic E-state index is 10.2. The second kappa shape index (κ2) is 10.4. The Kier molecular flexibility index (Phi) is 11.7. The number of carboxylic acid groups (broad SMARTS) is 1. The summed E-state index contributed by atoms with van der Waals surface area (Å²) in [5, 5.41) is 8.36. The van der Waals surface area contributed by atoms with Crippen LogP contribution in [0.15, 0.2) is 0 Å². The van der Waals surface area contributed by atoms with Crippen molar-refractivity contribution in [2.75, 3.05) is 6.93 Å². The third kappa shape index (κ3) is 13.9. The lowest BCUT2D eigenvalue weighted by Gasteiger charge is -2.13. The second-order valence-electron chi connectivity index (χ2n) is 3.61. The van der Waals surface area contributed by atoms with Gasteiger partial charge in [-0.05, 0) is 24.7 Å². The van der Waals surface area contributed by atoms with Crippen LogP contribution in [-0.4, -0.2) is 18.0 Å². The van der Waals surface area contributed by atoms with E-state index in [2.05, 4.69) is 20.8 Å². The number of alkyl halides is 2. The van der Waals surface area contributed by atoms with Crippen molar-refractivity contribution in [2.45, 2.75) is 40.0 Å². The molecule has 86 valence electrons. The minimum atomic E-state index is -1.75. The number of carboxylic acids is 1. The van der Waals surface area contributed by atoms with Crippen molar-refractivity contribution < 1.29 is 18.7 Å². The first-order valence-corrected chi connectivity index (χ1v) is 4.79. The Morgan fingerprint density at radius 3 is 2.00 bits per heavy atom. The number of hydrogen-bond donors (Lipinski definition) is 1. The zero-order valence-corrected chi connectivity index (χ0v) is 9.09. The lowest BCUT2D eigenvalue weighted by molar-refractivity contribution is -0.137. The largest absolute Gasteiger partial charge is 0.481 e. The van der Waals surface area contributed by atoms with Crippen LogP contribution < -0.4 is 0 Å². The van der Waals surface area contributed by atoms with E-state index in [0.717, 1.165) is 12.8 Å². The maximum atomic E-state index is 10.2. The number of hydrogen-bond acceptors (Lipinski definition) is 1. The van der Waals surface area contributed by atoms with E-state index in [1.165, 1.54) is 0 Å². The predicted molar refractivity (Wildman–Crippen MR) is 52.6 cm³/mol. The average Bonchev–Trinajstić information content (AvgIpc) is 2.04. The Balaban J connectivity index is 0. The summed E-state index contributed by atoms with van der Waals surface area (Å²) in [4.78, 5) is 10.2. The Morgan fingerprint density at radius 2 is 1.71 bits per heavy atom. The van der Waals surface area contributed by atoms with Gasteiger partial charge in [0.15, 0.2) is 0 Å². The van der Waals surface area contributed by atoms with Crippen LogP contribution in [0.2, 0.25) is 0 Å². The van der Waals surface area contributed by atoms with Crippen molar-refractivity contribution in [1.29, 1.82) is 0 Å².